The monoisotopic (exact) mass is 342 g/mol. The molecule has 0 unspecified atom stereocenters. The van der Waals surface area contributed by atoms with Crippen LogP contribution >= 0.6 is 0 Å². The standard InChI is InChI=1S/C17H14N2O6/c1-11-8-17(21)25-16-9-12(2-3-13(11)16)24-7-6-18-5-4-15(20)14(10-18)19(22)23/h2-5,8-10H,6-7H2,1H3. The third kappa shape index (κ3) is 3.57. The van der Waals surface area contributed by atoms with E-state index in [9.17, 15) is 19.7 Å². The summed E-state index contributed by atoms with van der Waals surface area (Å²) in [4.78, 5) is 32.9. The molecule has 0 aliphatic rings. The fourth-order valence-electron chi connectivity index (χ4n) is 2.45. The van der Waals surface area contributed by atoms with E-state index in [4.69, 9.17) is 9.15 Å². The number of hydrogen-bond donors (Lipinski definition) is 0. The molecule has 3 rings (SSSR count). The van der Waals surface area contributed by atoms with Crippen LogP contribution in [0.2, 0.25) is 0 Å². The van der Waals surface area contributed by atoms with Gasteiger partial charge in [-0.15, -0.1) is 0 Å². The minimum atomic E-state index is -0.715. The Bertz CT molecular complexity index is 1070. The van der Waals surface area contributed by atoms with Crippen LogP contribution in [0.5, 0.6) is 5.75 Å². The summed E-state index contributed by atoms with van der Waals surface area (Å²) in [5, 5.41) is 11.6. The number of aromatic nitrogens is 1. The summed E-state index contributed by atoms with van der Waals surface area (Å²) in [6, 6.07) is 7.74. The molecule has 1 aromatic carbocycles. The number of rotatable bonds is 5. The van der Waals surface area contributed by atoms with Crippen molar-refractivity contribution in [3.8, 4) is 5.75 Å². The summed E-state index contributed by atoms with van der Waals surface area (Å²) in [5.41, 5.74) is -0.296. The molecule has 25 heavy (non-hydrogen) atoms. The number of hydrogen-bond acceptors (Lipinski definition) is 6. The van der Waals surface area contributed by atoms with E-state index < -0.39 is 21.7 Å². The molecule has 128 valence electrons. The molecule has 0 aliphatic heterocycles. The van der Waals surface area contributed by atoms with E-state index in [0.717, 1.165) is 17.0 Å². The minimum absolute atomic E-state index is 0.224. The molecule has 8 heteroatoms. The van der Waals surface area contributed by atoms with Crippen LogP contribution in [-0.2, 0) is 6.54 Å². The van der Waals surface area contributed by atoms with E-state index in [0.29, 0.717) is 17.9 Å². The van der Waals surface area contributed by atoms with Crippen molar-refractivity contribution in [3.05, 3.63) is 79.0 Å². The van der Waals surface area contributed by atoms with Gasteiger partial charge in [-0.05, 0) is 24.6 Å². The Balaban J connectivity index is 1.73. The number of aryl methyl sites for hydroxylation is 1. The second kappa shape index (κ2) is 6.60. The van der Waals surface area contributed by atoms with Crippen LogP contribution in [0.25, 0.3) is 11.0 Å². The summed E-state index contributed by atoms with van der Waals surface area (Å²) < 4.78 is 12.3. The van der Waals surface area contributed by atoms with E-state index in [1.807, 2.05) is 6.92 Å². The Labute approximate surface area is 141 Å². The maximum atomic E-state index is 11.4. The van der Waals surface area contributed by atoms with Crippen molar-refractivity contribution in [2.24, 2.45) is 0 Å². The molecular weight excluding hydrogens is 328 g/mol. The van der Waals surface area contributed by atoms with Crippen LogP contribution in [0.15, 0.2) is 56.7 Å². The van der Waals surface area contributed by atoms with Gasteiger partial charge in [0.1, 0.15) is 17.9 Å². The molecule has 0 radical (unpaired) electrons. The number of fused-ring (bicyclic) bond motifs is 1. The van der Waals surface area contributed by atoms with Gasteiger partial charge < -0.3 is 13.7 Å². The Hall–Kier alpha value is -3.42. The molecular formula is C17H14N2O6. The SMILES string of the molecule is Cc1cc(=O)oc2cc(OCCn3ccc(=O)c([N+](=O)[O-])c3)ccc12. The molecule has 3 aromatic rings. The van der Waals surface area contributed by atoms with Crippen molar-refractivity contribution in [1.82, 2.24) is 4.57 Å². The maximum absolute atomic E-state index is 11.4. The van der Waals surface area contributed by atoms with E-state index in [2.05, 4.69) is 0 Å². The third-order valence-electron chi connectivity index (χ3n) is 3.70. The number of ether oxygens (including phenoxy) is 1. The van der Waals surface area contributed by atoms with E-state index in [-0.39, 0.29) is 6.61 Å². The normalized spacial score (nSPS) is 10.8. The van der Waals surface area contributed by atoms with Gasteiger partial charge in [0.2, 0.25) is 0 Å². The maximum Gasteiger partial charge on any atom is 0.336 e. The lowest BCUT2D eigenvalue weighted by Crippen LogP contribution is -2.14. The molecule has 0 N–H and O–H groups in total. The molecule has 0 amide bonds. The zero-order valence-corrected chi connectivity index (χ0v) is 13.3. The predicted octanol–water partition coefficient (Wildman–Crippen LogP) is 2.25. The summed E-state index contributed by atoms with van der Waals surface area (Å²) in [5.74, 6) is 0.511. The predicted molar refractivity (Wildman–Crippen MR) is 90.1 cm³/mol. The average Bonchev–Trinajstić information content (AvgIpc) is 2.55. The van der Waals surface area contributed by atoms with Gasteiger partial charge in [0.05, 0.1) is 17.7 Å². The largest absolute Gasteiger partial charge is 0.492 e. The highest BCUT2D eigenvalue weighted by molar-refractivity contribution is 5.81. The third-order valence-corrected chi connectivity index (χ3v) is 3.70. The highest BCUT2D eigenvalue weighted by Gasteiger charge is 2.11. The number of pyridine rings is 1. The van der Waals surface area contributed by atoms with Crippen molar-refractivity contribution in [2.45, 2.75) is 13.5 Å². The number of nitro groups is 1. The Kier molecular flexibility index (Phi) is 4.34. The molecule has 0 spiro atoms. The molecule has 0 saturated carbocycles. The van der Waals surface area contributed by atoms with Crippen molar-refractivity contribution < 1.29 is 14.1 Å². The van der Waals surface area contributed by atoms with Gasteiger partial charge in [-0.1, -0.05) is 0 Å². The smallest absolute Gasteiger partial charge is 0.336 e. The summed E-state index contributed by atoms with van der Waals surface area (Å²) in [7, 11) is 0. The number of benzene rings is 1. The first-order valence-corrected chi connectivity index (χ1v) is 7.46. The first-order chi connectivity index (χ1) is 11.9. The zero-order chi connectivity index (χ0) is 18.0. The molecule has 0 bridgehead atoms. The highest BCUT2D eigenvalue weighted by atomic mass is 16.6. The van der Waals surface area contributed by atoms with Crippen LogP contribution in [0.3, 0.4) is 0 Å². The first-order valence-electron chi connectivity index (χ1n) is 7.46. The lowest BCUT2D eigenvalue weighted by molar-refractivity contribution is -0.386. The molecule has 8 nitrogen and oxygen atoms in total. The second-order valence-electron chi connectivity index (χ2n) is 5.44. The summed E-state index contributed by atoms with van der Waals surface area (Å²) in [6.45, 7) is 2.36. The first kappa shape index (κ1) is 16.4. The lowest BCUT2D eigenvalue weighted by atomic mass is 10.1. The van der Waals surface area contributed by atoms with Crippen LogP contribution in [0.1, 0.15) is 5.56 Å². The van der Waals surface area contributed by atoms with Crippen LogP contribution in [0, 0.1) is 17.0 Å². The van der Waals surface area contributed by atoms with Gasteiger partial charge in [-0.2, -0.15) is 0 Å². The zero-order valence-electron chi connectivity index (χ0n) is 13.3. The average molecular weight is 342 g/mol. The second-order valence-corrected chi connectivity index (χ2v) is 5.44. The van der Waals surface area contributed by atoms with Crippen molar-refractivity contribution in [2.75, 3.05) is 6.61 Å². The molecule has 0 aliphatic carbocycles. The van der Waals surface area contributed by atoms with Gasteiger partial charge in [0.25, 0.3) is 5.43 Å². The molecule has 0 fully saturated rings. The van der Waals surface area contributed by atoms with Crippen LogP contribution in [-0.4, -0.2) is 16.1 Å². The van der Waals surface area contributed by atoms with Crippen LogP contribution in [0.4, 0.5) is 5.69 Å². The Morgan fingerprint density at radius 1 is 1.24 bits per heavy atom. The topological polar surface area (TPSA) is 105 Å². The number of nitrogens with zero attached hydrogens (tertiary/aromatic N) is 2. The van der Waals surface area contributed by atoms with Gasteiger partial charge in [-0.3, -0.25) is 14.9 Å². The quantitative estimate of drug-likeness (QED) is 0.400. The molecule has 2 heterocycles. The highest BCUT2D eigenvalue weighted by Crippen LogP contribution is 2.22. The fourth-order valence-corrected chi connectivity index (χ4v) is 2.45. The van der Waals surface area contributed by atoms with Gasteiger partial charge in [0, 0.05) is 29.8 Å². The van der Waals surface area contributed by atoms with Gasteiger partial charge in [0.15, 0.2) is 0 Å². The Morgan fingerprint density at radius 2 is 2.04 bits per heavy atom. The van der Waals surface area contributed by atoms with Crippen LogP contribution < -0.4 is 15.8 Å². The van der Waals surface area contributed by atoms with E-state index >= 15 is 0 Å². The fraction of sp³-hybridized carbons (Fsp3) is 0.176. The molecule has 0 atom stereocenters. The summed E-state index contributed by atoms with van der Waals surface area (Å²) >= 11 is 0. The van der Waals surface area contributed by atoms with Crippen molar-refractivity contribution >= 4 is 16.7 Å². The lowest BCUT2D eigenvalue weighted by Gasteiger charge is -2.09. The molecule has 2 aromatic heterocycles. The van der Waals surface area contributed by atoms with Gasteiger partial charge >= 0.3 is 11.3 Å². The molecule has 0 saturated heterocycles. The van der Waals surface area contributed by atoms with E-state index in [1.54, 1.807) is 18.2 Å². The Morgan fingerprint density at radius 3 is 2.80 bits per heavy atom. The minimum Gasteiger partial charge on any atom is -0.492 e. The van der Waals surface area contributed by atoms with Gasteiger partial charge in [-0.25, -0.2) is 4.79 Å². The summed E-state index contributed by atoms with van der Waals surface area (Å²) in [6.07, 6.45) is 2.63. The van der Waals surface area contributed by atoms with Crippen molar-refractivity contribution in [3.63, 3.8) is 0 Å². The van der Waals surface area contributed by atoms with Crippen molar-refractivity contribution in [1.29, 1.82) is 0 Å². The van der Waals surface area contributed by atoms with E-state index in [1.165, 1.54) is 23.0 Å².